The molecule has 0 bridgehead atoms. The highest BCUT2D eigenvalue weighted by atomic mass is 35.7. The van der Waals surface area contributed by atoms with Crippen LogP contribution in [0, 0.1) is 31.0 Å². The molecule has 1 heterocycles. The Labute approximate surface area is 154 Å². The van der Waals surface area contributed by atoms with Crippen molar-refractivity contribution < 1.29 is 41.9 Å². The van der Waals surface area contributed by atoms with Crippen LogP contribution in [0.5, 0.6) is 0 Å². The molecule has 0 aliphatic heterocycles. The van der Waals surface area contributed by atoms with Crippen LogP contribution in [-0.2, 0) is 23.0 Å². The summed E-state index contributed by atoms with van der Waals surface area (Å²) in [5, 5.41) is 5.09. The minimum absolute atomic E-state index is 0.154. The molecule has 1 aromatic carbocycles. The second-order valence-corrected chi connectivity index (χ2v) is 8.10. The lowest BCUT2D eigenvalue weighted by molar-refractivity contribution is -2.00. The molecule has 0 saturated carbocycles. The first-order chi connectivity index (χ1) is 11.8. The SMILES string of the molecule is Cc1cc(C)[n+](CCc2ccc(S(N)(=O)=O)cc2)c(C)c1.[O-][Cl+3]([O-])([O-])[O-]. The lowest BCUT2D eigenvalue weighted by atomic mass is 10.1. The summed E-state index contributed by atoms with van der Waals surface area (Å²) in [5.74, 6) is 0. The predicted molar refractivity (Wildman–Crippen MR) is 82.4 cm³/mol. The summed E-state index contributed by atoms with van der Waals surface area (Å²) in [4.78, 5) is 0.154. The van der Waals surface area contributed by atoms with Crippen LogP contribution in [-0.4, -0.2) is 8.42 Å². The van der Waals surface area contributed by atoms with Gasteiger partial charge in [-0.15, -0.1) is 10.2 Å². The molecule has 0 saturated heterocycles. The Morgan fingerprint density at radius 3 is 1.77 bits per heavy atom. The van der Waals surface area contributed by atoms with Crippen molar-refractivity contribution in [1.82, 2.24) is 0 Å². The Morgan fingerprint density at radius 2 is 1.38 bits per heavy atom. The molecule has 0 aliphatic carbocycles. The number of rotatable bonds is 4. The zero-order valence-corrected chi connectivity index (χ0v) is 16.2. The van der Waals surface area contributed by atoms with Crippen LogP contribution >= 0.6 is 0 Å². The number of halogens is 1. The van der Waals surface area contributed by atoms with Crippen molar-refractivity contribution in [3.05, 3.63) is 58.9 Å². The number of benzene rings is 1. The van der Waals surface area contributed by atoms with Crippen molar-refractivity contribution in [2.45, 2.75) is 38.6 Å². The van der Waals surface area contributed by atoms with Crippen molar-refractivity contribution in [3.8, 4) is 0 Å². The number of hydrogen-bond acceptors (Lipinski definition) is 6. The largest absolute Gasteiger partial charge is 0.238 e. The highest BCUT2D eigenvalue weighted by Gasteiger charge is 2.12. The smallest absolute Gasteiger partial charge is 0.225 e. The van der Waals surface area contributed by atoms with Gasteiger partial charge in [0, 0.05) is 32.4 Å². The molecule has 26 heavy (non-hydrogen) atoms. The Hall–Kier alpha value is -1.59. The van der Waals surface area contributed by atoms with Gasteiger partial charge >= 0.3 is 0 Å². The summed E-state index contributed by atoms with van der Waals surface area (Å²) in [5.41, 5.74) is 4.82. The van der Waals surface area contributed by atoms with Crippen LogP contribution in [0.3, 0.4) is 0 Å². The molecule has 1 aromatic heterocycles. The molecule has 8 nitrogen and oxygen atoms in total. The minimum Gasteiger partial charge on any atom is -0.225 e. The van der Waals surface area contributed by atoms with Crippen molar-refractivity contribution >= 4 is 10.0 Å². The number of hydrogen-bond donors (Lipinski definition) is 1. The summed E-state index contributed by atoms with van der Waals surface area (Å²) < 4.78 is 58.7. The van der Waals surface area contributed by atoms with Gasteiger partial charge in [0.2, 0.25) is 10.0 Å². The molecule has 10 heteroatoms. The van der Waals surface area contributed by atoms with Crippen LogP contribution in [0.25, 0.3) is 0 Å². The van der Waals surface area contributed by atoms with Gasteiger partial charge in [0.15, 0.2) is 17.9 Å². The third-order valence-electron chi connectivity index (χ3n) is 3.60. The maximum absolute atomic E-state index is 11.2. The topological polar surface area (TPSA) is 156 Å². The van der Waals surface area contributed by atoms with Gasteiger partial charge in [-0.3, -0.25) is 0 Å². The van der Waals surface area contributed by atoms with Crippen molar-refractivity contribution in [3.63, 3.8) is 0 Å². The van der Waals surface area contributed by atoms with E-state index in [1.807, 2.05) is 12.1 Å². The fourth-order valence-corrected chi connectivity index (χ4v) is 3.09. The van der Waals surface area contributed by atoms with Gasteiger partial charge in [0.1, 0.15) is 0 Å². The van der Waals surface area contributed by atoms with Crippen LogP contribution in [0.1, 0.15) is 22.5 Å². The Bertz CT molecular complexity index is 819. The fraction of sp³-hybridized carbons (Fsp3) is 0.312. The minimum atomic E-state index is -4.94. The van der Waals surface area contributed by atoms with Crippen molar-refractivity contribution in [1.29, 1.82) is 0 Å². The average molecular weight is 405 g/mol. The number of nitrogens with two attached hydrogens (primary N) is 1. The monoisotopic (exact) mass is 404 g/mol. The molecule has 2 rings (SSSR count). The van der Waals surface area contributed by atoms with Crippen LogP contribution in [0.15, 0.2) is 41.3 Å². The van der Waals surface area contributed by atoms with Gasteiger partial charge in [0.05, 0.1) is 4.90 Å². The van der Waals surface area contributed by atoms with Crippen LogP contribution in [0.4, 0.5) is 0 Å². The molecule has 0 radical (unpaired) electrons. The molecule has 0 aliphatic rings. The second-order valence-electron chi connectivity index (χ2n) is 5.78. The Morgan fingerprint density at radius 1 is 0.962 bits per heavy atom. The molecule has 0 fully saturated rings. The number of pyridine rings is 1. The summed E-state index contributed by atoms with van der Waals surface area (Å²) in [6.07, 6.45) is 0.848. The van der Waals surface area contributed by atoms with E-state index in [0.29, 0.717) is 0 Å². The first-order valence-electron chi connectivity index (χ1n) is 7.48. The summed E-state index contributed by atoms with van der Waals surface area (Å²) in [6.45, 7) is 7.16. The van der Waals surface area contributed by atoms with E-state index in [-0.39, 0.29) is 4.90 Å². The van der Waals surface area contributed by atoms with Crippen LogP contribution < -0.4 is 28.3 Å². The molecule has 144 valence electrons. The van der Waals surface area contributed by atoms with E-state index >= 15 is 0 Å². The molecule has 0 spiro atoms. The van der Waals surface area contributed by atoms with E-state index < -0.39 is 20.3 Å². The van der Waals surface area contributed by atoms with Gasteiger partial charge in [-0.2, -0.15) is 4.57 Å². The van der Waals surface area contributed by atoms with E-state index in [4.69, 9.17) is 23.8 Å². The average Bonchev–Trinajstić information content (AvgIpc) is 2.44. The van der Waals surface area contributed by atoms with E-state index in [1.165, 1.54) is 17.0 Å². The molecular formula is C16H21ClN2O6S. The first-order valence-corrected chi connectivity index (χ1v) is 10.3. The molecule has 0 atom stereocenters. The molecule has 2 aromatic rings. The summed E-state index contributed by atoms with van der Waals surface area (Å²) in [6, 6.07) is 11.1. The van der Waals surface area contributed by atoms with Crippen LogP contribution in [0.2, 0.25) is 0 Å². The molecule has 0 amide bonds. The lowest BCUT2D eigenvalue weighted by Crippen LogP contribution is -2.68. The second kappa shape index (κ2) is 8.87. The molecule has 0 unspecified atom stereocenters. The zero-order valence-electron chi connectivity index (χ0n) is 14.6. The van der Waals surface area contributed by atoms with Crippen molar-refractivity contribution in [2.75, 3.05) is 0 Å². The van der Waals surface area contributed by atoms with E-state index in [0.717, 1.165) is 18.5 Å². The number of aryl methyl sites for hydroxylation is 4. The number of sulfonamides is 1. The quantitative estimate of drug-likeness (QED) is 0.536. The fourth-order valence-electron chi connectivity index (χ4n) is 2.57. The Kier molecular flexibility index (Phi) is 7.66. The number of nitrogens with zero attached hydrogens (tertiary/aromatic N) is 1. The van der Waals surface area contributed by atoms with Gasteiger partial charge in [0.25, 0.3) is 0 Å². The van der Waals surface area contributed by atoms with E-state index in [9.17, 15) is 8.42 Å². The third kappa shape index (κ3) is 8.19. The Balaban J connectivity index is 0.000000597. The van der Waals surface area contributed by atoms with E-state index in [2.05, 4.69) is 37.5 Å². The van der Waals surface area contributed by atoms with Gasteiger partial charge in [-0.25, -0.2) is 32.2 Å². The normalized spacial score (nSPS) is 11.7. The zero-order chi connectivity index (χ0) is 20.1. The summed E-state index contributed by atoms with van der Waals surface area (Å²) in [7, 11) is -8.55. The highest BCUT2D eigenvalue weighted by molar-refractivity contribution is 7.89. The lowest BCUT2D eigenvalue weighted by Gasteiger charge is -2.17. The highest BCUT2D eigenvalue weighted by Crippen LogP contribution is 2.10. The van der Waals surface area contributed by atoms with E-state index in [1.54, 1.807) is 12.1 Å². The maximum atomic E-state index is 11.2. The predicted octanol–water partition coefficient (Wildman–Crippen LogP) is -2.97. The van der Waals surface area contributed by atoms with Gasteiger partial charge in [-0.1, -0.05) is 12.1 Å². The molecular weight excluding hydrogens is 384 g/mol. The third-order valence-corrected chi connectivity index (χ3v) is 4.53. The maximum Gasteiger partial charge on any atom is 0.238 e. The van der Waals surface area contributed by atoms with Gasteiger partial charge < -0.3 is 0 Å². The first kappa shape index (κ1) is 22.5. The standard InChI is InChI=1S/C16H21N2O2S.ClHO4/c1-12-10-13(2)18(14(3)11-12)9-8-15-4-6-16(7-5-15)21(17,19)20;2-1(3,4)5/h4-7,10-11H,8-9H2,1-3H3,(H2,17,19,20);(H,2,3,4,5)/q+1;/p-1. The van der Waals surface area contributed by atoms with Gasteiger partial charge in [-0.05, 0) is 30.2 Å². The summed E-state index contributed by atoms with van der Waals surface area (Å²) >= 11 is 0. The molecule has 2 N–H and O–H groups in total. The number of aromatic nitrogens is 1. The van der Waals surface area contributed by atoms with Crippen molar-refractivity contribution in [2.24, 2.45) is 5.14 Å². The number of primary sulfonamides is 1.